The molecule has 0 saturated carbocycles. The number of hydrogen-bond acceptors (Lipinski definition) is 5. The summed E-state index contributed by atoms with van der Waals surface area (Å²) in [6.07, 6.45) is 0.976. The maximum absolute atomic E-state index is 11.4. The van der Waals surface area contributed by atoms with Crippen molar-refractivity contribution < 1.29 is 18.9 Å². The van der Waals surface area contributed by atoms with Crippen LogP contribution in [0.4, 0.5) is 0 Å². The van der Waals surface area contributed by atoms with Crippen molar-refractivity contribution >= 4 is 21.6 Å². The van der Waals surface area contributed by atoms with Crippen molar-refractivity contribution in [2.75, 3.05) is 13.2 Å². The molecule has 0 heterocycles. The van der Waals surface area contributed by atoms with Gasteiger partial charge in [-0.2, -0.15) is 5.90 Å². The summed E-state index contributed by atoms with van der Waals surface area (Å²) in [5.41, 5.74) is 0. The monoisotopic (exact) mass is 260 g/mol. The van der Waals surface area contributed by atoms with Crippen molar-refractivity contribution in [2.24, 2.45) is 11.8 Å². The van der Waals surface area contributed by atoms with Crippen molar-refractivity contribution in [3.05, 3.63) is 0 Å². The fraction of sp³-hybridized carbons (Fsp3) is 0.800. The third-order valence-electron chi connectivity index (χ3n) is 2.03. The van der Waals surface area contributed by atoms with E-state index in [2.05, 4.69) is 10.2 Å². The predicted molar refractivity (Wildman–Crippen MR) is 63.9 cm³/mol. The maximum Gasteiger partial charge on any atom is 0.327 e. The Kier molecular flexibility index (Phi) is 9.69. The summed E-state index contributed by atoms with van der Waals surface area (Å²) in [5, 5.41) is 2.73. The van der Waals surface area contributed by atoms with E-state index in [9.17, 15) is 9.59 Å². The second kappa shape index (κ2) is 10.2. The summed E-state index contributed by atoms with van der Waals surface area (Å²) in [5.74, 6) is 3.48. The zero-order valence-electron chi connectivity index (χ0n) is 10.3. The van der Waals surface area contributed by atoms with Crippen LogP contribution < -0.4 is 11.2 Å². The molecule has 0 saturated heterocycles. The van der Waals surface area contributed by atoms with Crippen molar-refractivity contribution in [2.45, 2.75) is 32.7 Å². The van der Waals surface area contributed by atoms with Gasteiger partial charge < -0.3 is 14.6 Å². The Labute approximate surface area is 104 Å². The third kappa shape index (κ3) is 8.84. The normalized spacial score (nSPS) is 11.9. The summed E-state index contributed by atoms with van der Waals surface area (Å²) in [7, 11) is 0.486. The highest BCUT2D eigenvalue weighted by molar-refractivity contribution is 6.26. The fourth-order valence-corrected chi connectivity index (χ4v) is 1.78. The molecule has 0 rings (SSSR count). The van der Waals surface area contributed by atoms with Crippen molar-refractivity contribution in [3.63, 3.8) is 0 Å². The molecule has 6 nitrogen and oxygen atoms in total. The van der Waals surface area contributed by atoms with Crippen molar-refractivity contribution in [1.82, 2.24) is 5.32 Å². The molecule has 3 N–H and O–H groups in total. The molecule has 17 heavy (non-hydrogen) atoms. The molecule has 1 unspecified atom stereocenters. The summed E-state index contributed by atoms with van der Waals surface area (Å²) >= 11 is 0. The van der Waals surface area contributed by atoms with E-state index in [0.717, 1.165) is 19.1 Å². The molecule has 2 radical (unpaired) electrons. The fourth-order valence-electron chi connectivity index (χ4n) is 1.11. The van der Waals surface area contributed by atoms with Gasteiger partial charge in [0.05, 0.1) is 5.92 Å². The Bertz CT molecular complexity index is 238. The molecule has 98 valence electrons. The molecule has 0 aliphatic heterocycles. The number of hydrogen-bond donors (Lipinski definition) is 2. The van der Waals surface area contributed by atoms with Crippen molar-refractivity contribution in [1.29, 1.82) is 0 Å². The van der Waals surface area contributed by atoms with Gasteiger partial charge in [-0.1, -0.05) is 6.92 Å². The first-order valence-corrected chi connectivity index (χ1v) is 6.75. The second-order valence-corrected chi connectivity index (χ2v) is 4.65. The topological polar surface area (TPSA) is 90.6 Å². The van der Waals surface area contributed by atoms with E-state index in [1.54, 1.807) is 6.92 Å². The largest absolute Gasteiger partial charge is 0.418 e. The lowest BCUT2D eigenvalue weighted by atomic mass is 10.1. The van der Waals surface area contributed by atoms with Gasteiger partial charge in [0.2, 0.25) is 15.7 Å². The van der Waals surface area contributed by atoms with Gasteiger partial charge in [-0.05, 0) is 19.4 Å². The van der Waals surface area contributed by atoms with Crippen LogP contribution in [-0.4, -0.2) is 34.8 Å². The van der Waals surface area contributed by atoms with E-state index in [4.69, 9.17) is 10.3 Å². The molecule has 1 atom stereocenters. The second-order valence-electron chi connectivity index (χ2n) is 3.57. The molecular formula is C10H20N2O4Si. The number of nitrogens with one attached hydrogen (secondary N) is 1. The summed E-state index contributed by atoms with van der Waals surface area (Å²) in [4.78, 5) is 26.4. The molecule has 0 aromatic carbocycles. The van der Waals surface area contributed by atoms with Crippen LogP contribution in [0.5, 0.6) is 0 Å². The summed E-state index contributed by atoms with van der Waals surface area (Å²) in [6.45, 7) is 4.88. The van der Waals surface area contributed by atoms with E-state index in [1.807, 2.05) is 6.92 Å². The first kappa shape index (κ1) is 16.1. The predicted octanol–water partition coefficient (Wildman–Crippen LogP) is 0.00980. The zero-order chi connectivity index (χ0) is 13.1. The molecule has 0 fully saturated rings. The quantitative estimate of drug-likeness (QED) is 0.346. The highest BCUT2D eigenvalue weighted by Crippen LogP contribution is 2.02. The minimum atomic E-state index is -0.571. The minimum Gasteiger partial charge on any atom is -0.418 e. The van der Waals surface area contributed by atoms with Gasteiger partial charge in [0.15, 0.2) is 0 Å². The highest BCUT2D eigenvalue weighted by Gasteiger charge is 2.17. The van der Waals surface area contributed by atoms with Crippen LogP contribution in [0.25, 0.3) is 0 Å². The zero-order valence-corrected chi connectivity index (χ0v) is 11.3. The van der Waals surface area contributed by atoms with Gasteiger partial charge in [0, 0.05) is 19.6 Å². The van der Waals surface area contributed by atoms with Gasteiger partial charge in [0.1, 0.15) is 0 Å². The molecule has 0 spiro atoms. The molecule has 0 aliphatic carbocycles. The van der Waals surface area contributed by atoms with Crippen LogP contribution >= 0.6 is 0 Å². The Hall–Kier alpha value is -0.923. The highest BCUT2D eigenvalue weighted by atomic mass is 28.2. The molecule has 0 bridgehead atoms. The third-order valence-corrected chi connectivity index (χ3v) is 3.08. The Morgan fingerprint density at radius 1 is 1.47 bits per heavy atom. The lowest BCUT2D eigenvalue weighted by Crippen LogP contribution is -2.29. The van der Waals surface area contributed by atoms with Crippen LogP contribution in [0, 0.1) is 5.92 Å². The molecular weight excluding hydrogens is 240 g/mol. The number of rotatable bonds is 9. The summed E-state index contributed by atoms with van der Waals surface area (Å²) in [6, 6.07) is 0.939. The van der Waals surface area contributed by atoms with Gasteiger partial charge >= 0.3 is 5.97 Å². The SMILES string of the molecule is CCO[Si]CCCNC(=O)CC(C)C(=O)ON. The number of carbonyl (C=O) groups is 2. The number of amides is 1. The number of carbonyl (C=O) groups excluding carboxylic acids is 2. The average molecular weight is 260 g/mol. The van der Waals surface area contributed by atoms with Gasteiger partial charge in [-0.25, -0.2) is 0 Å². The van der Waals surface area contributed by atoms with Crippen LogP contribution in [0.15, 0.2) is 0 Å². The molecule has 7 heteroatoms. The van der Waals surface area contributed by atoms with E-state index < -0.39 is 11.9 Å². The average Bonchev–Trinajstić information content (AvgIpc) is 2.32. The van der Waals surface area contributed by atoms with Crippen LogP contribution in [0.2, 0.25) is 6.04 Å². The molecule has 0 aromatic heterocycles. The molecule has 0 aromatic rings. The number of nitrogens with two attached hydrogens (primary N) is 1. The summed E-state index contributed by atoms with van der Waals surface area (Å²) < 4.78 is 5.19. The Balaban J connectivity index is 3.49. The van der Waals surface area contributed by atoms with Gasteiger partial charge in [-0.3, -0.25) is 9.59 Å². The molecule has 0 aliphatic rings. The standard InChI is InChI=1S/C10H20N2O4Si/c1-3-15-17-6-4-5-12-9(13)7-8(2)10(14)16-11/h8H,3-7,11H2,1-2H3,(H,12,13). The Morgan fingerprint density at radius 2 is 2.18 bits per heavy atom. The van der Waals surface area contributed by atoms with E-state index in [1.165, 1.54) is 0 Å². The lowest BCUT2D eigenvalue weighted by Gasteiger charge is -2.08. The van der Waals surface area contributed by atoms with Crippen molar-refractivity contribution in [3.8, 4) is 0 Å². The van der Waals surface area contributed by atoms with E-state index >= 15 is 0 Å². The first-order valence-electron chi connectivity index (χ1n) is 5.63. The van der Waals surface area contributed by atoms with Gasteiger partial charge in [0.25, 0.3) is 0 Å². The first-order chi connectivity index (χ1) is 8.11. The van der Waals surface area contributed by atoms with Crippen LogP contribution in [0.1, 0.15) is 26.7 Å². The smallest absolute Gasteiger partial charge is 0.327 e. The lowest BCUT2D eigenvalue weighted by molar-refractivity contribution is -0.150. The van der Waals surface area contributed by atoms with Crippen LogP contribution in [0.3, 0.4) is 0 Å². The molecule has 1 amide bonds. The maximum atomic E-state index is 11.4. The van der Waals surface area contributed by atoms with Gasteiger partial charge in [-0.15, -0.1) is 0 Å². The minimum absolute atomic E-state index is 0.101. The Morgan fingerprint density at radius 3 is 2.76 bits per heavy atom. The van der Waals surface area contributed by atoms with E-state index in [-0.39, 0.29) is 12.3 Å². The van der Waals surface area contributed by atoms with Crippen LogP contribution in [-0.2, 0) is 18.9 Å². The van der Waals surface area contributed by atoms with E-state index in [0.29, 0.717) is 16.3 Å².